The highest BCUT2D eigenvalue weighted by Crippen LogP contribution is 2.34. The Kier molecular flexibility index (Phi) is 7.72. The number of likely N-dealkylation sites (tertiary alicyclic amines) is 1. The molecular weight excluding hydrogens is 448 g/mol. The van der Waals surface area contributed by atoms with Crippen molar-refractivity contribution in [2.45, 2.75) is 63.1 Å². The third-order valence-corrected chi connectivity index (χ3v) is 7.87. The Bertz CT molecular complexity index is 1110. The first-order valence-electron chi connectivity index (χ1n) is 12.2. The van der Waals surface area contributed by atoms with Crippen LogP contribution in [0.15, 0.2) is 53.4 Å². The summed E-state index contributed by atoms with van der Waals surface area (Å²) in [6, 6.07) is 15.7. The summed E-state index contributed by atoms with van der Waals surface area (Å²) in [6.45, 7) is 8.42. The van der Waals surface area contributed by atoms with Gasteiger partial charge in [0.15, 0.2) is 0 Å². The van der Waals surface area contributed by atoms with E-state index < -0.39 is 10.0 Å². The quantitative estimate of drug-likeness (QED) is 0.623. The molecule has 0 aromatic heterocycles. The summed E-state index contributed by atoms with van der Waals surface area (Å²) in [4.78, 5) is 20.3. The number of sulfonamides is 1. The second-order valence-corrected chi connectivity index (χ2v) is 11.2. The van der Waals surface area contributed by atoms with Gasteiger partial charge in [-0.2, -0.15) is 0 Å². The van der Waals surface area contributed by atoms with Crippen LogP contribution in [-0.2, 0) is 27.8 Å². The molecule has 1 saturated heterocycles. The Morgan fingerprint density at radius 2 is 1.94 bits per heavy atom. The van der Waals surface area contributed by atoms with E-state index in [1.807, 2.05) is 17.9 Å². The average molecular weight is 485 g/mol. The van der Waals surface area contributed by atoms with E-state index in [-0.39, 0.29) is 16.8 Å². The molecule has 2 aliphatic heterocycles. The number of carbonyl (C=O) groups is 1. The summed E-state index contributed by atoms with van der Waals surface area (Å²) < 4.78 is 23.5. The molecule has 1 fully saturated rings. The van der Waals surface area contributed by atoms with Crippen molar-refractivity contribution in [3.8, 4) is 0 Å². The van der Waals surface area contributed by atoms with E-state index in [1.54, 1.807) is 12.1 Å². The van der Waals surface area contributed by atoms with Crippen LogP contribution in [0.4, 0.5) is 5.69 Å². The van der Waals surface area contributed by atoms with Crippen LogP contribution in [0.5, 0.6) is 0 Å². The normalized spacial score (nSPS) is 21.1. The fraction of sp³-hybridized carbons (Fsp3) is 0.500. The number of benzene rings is 2. The number of primary sulfonamides is 1. The van der Waals surface area contributed by atoms with Crippen LogP contribution in [0.25, 0.3) is 0 Å². The molecule has 8 heteroatoms. The van der Waals surface area contributed by atoms with E-state index in [1.165, 1.54) is 11.6 Å². The van der Waals surface area contributed by atoms with Crippen molar-refractivity contribution < 1.29 is 13.2 Å². The Morgan fingerprint density at radius 3 is 2.65 bits per heavy atom. The molecule has 2 aromatic carbocycles. The van der Waals surface area contributed by atoms with Crippen LogP contribution < -0.4 is 10.0 Å². The van der Waals surface area contributed by atoms with E-state index >= 15 is 0 Å². The summed E-state index contributed by atoms with van der Waals surface area (Å²) in [6.07, 6.45) is 3.85. The number of hydrogen-bond donors (Lipinski definition) is 1. The highest BCUT2D eigenvalue weighted by molar-refractivity contribution is 7.89. The molecule has 0 saturated carbocycles. The predicted octanol–water partition coefficient (Wildman–Crippen LogP) is 2.99. The number of nitrogens with zero attached hydrogens (tertiary/aromatic N) is 3. The summed E-state index contributed by atoms with van der Waals surface area (Å²) >= 11 is 0. The number of nitrogens with two attached hydrogens (primary N) is 1. The lowest BCUT2D eigenvalue weighted by molar-refractivity contribution is -0.121. The summed E-state index contributed by atoms with van der Waals surface area (Å²) in [5.74, 6) is 0.0724. The minimum atomic E-state index is -3.76. The van der Waals surface area contributed by atoms with E-state index in [0.29, 0.717) is 19.0 Å². The van der Waals surface area contributed by atoms with Gasteiger partial charge in [-0.25, -0.2) is 13.6 Å². The maximum Gasteiger partial charge on any atom is 0.241 e. The van der Waals surface area contributed by atoms with Gasteiger partial charge in [-0.3, -0.25) is 14.6 Å². The van der Waals surface area contributed by atoms with Gasteiger partial charge < -0.3 is 4.90 Å². The molecule has 2 heterocycles. The lowest BCUT2D eigenvalue weighted by Gasteiger charge is -2.40. The topological polar surface area (TPSA) is 87.0 Å². The number of carbonyl (C=O) groups excluding carboxylic acids is 1. The van der Waals surface area contributed by atoms with Gasteiger partial charge in [0, 0.05) is 30.9 Å². The minimum absolute atomic E-state index is 0.0114. The molecule has 2 N–H and O–H groups in total. The highest BCUT2D eigenvalue weighted by atomic mass is 32.2. The first-order valence-corrected chi connectivity index (χ1v) is 13.8. The molecule has 2 aliphatic rings. The van der Waals surface area contributed by atoms with Gasteiger partial charge in [-0.15, -0.1) is 0 Å². The zero-order valence-electron chi connectivity index (χ0n) is 20.2. The fourth-order valence-corrected chi connectivity index (χ4v) is 5.97. The van der Waals surface area contributed by atoms with Gasteiger partial charge in [-0.1, -0.05) is 37.3 Å². The number of rotatable bonds is 8. The molecule has 4 rings (SSSR count). The molecule has 1 amide bonds. The third kappa shape index (κ3) is 5.68. The smallest absolute Gasteiger partial charge is 0.241 e. The van der Waals surface area contributed by atoms with Crippen molar-refractivity contribution in [1.82, 2.24) is 9.80 Å². The highest BCUT2D eigenvalue weighted by Gasteiger charge is 2.34. The SMILES string of the molecule is CCCN(CC(=O)N1c2ccc(S(N)(=O)=O)cc2CC1C)C1CCCN(Cc2ccccc2)C1. The monoisotopic (exact) mass is 484 g/mol. The Hall–Kier alpha value is -2.26. The third-order valence-electron chi connectivity index (χ3n) is 6.96. The van der Waals surface area contributed by atoms with E-state index in [9.17, 15) is 13.2 Å². The number of piperidine rings is 1. The number of hydrogen-bond acceptors (Lipinski definition) is 5. The molecule has 0 aliphatic carbocycles. The molecule has 2 aromatic rings. The number of amides is 1. The zero-order valence-corrected chi connectivity index (χ0v) is 21.0. The first-order chi connectivity index (χ1) is 16.3. The molecule has 2 unspecified atom stereocenters. The Labute approximate surface area is 203 Å². The van der Waals surface area contributed by atoms with Crippen LogP contribution in [0, 0.1) is 0 Å². The van der Waals surface area contributed by atoms with Crippen molar-refractivity contribution in [3.63, 3.8) is 0 Å². The van der Waals surface area contributed by atoms with E-state index in [2.05, 4.69) is 41.0 Å². The maximum absolute atomic E-state index is 13.5. The van der Waals surface area contributed by atoms with Crippen LogP contribution in [0.3, 0.4) is 0 Å². The molecule has 184 valence electrons. The molecule has 0 radical (unpaired) electrons. The van der Waals surface area contributed by atoms with Gasteiger partial charge in [0.2, 0.25) is 15.9 Å². The van der Waals surface area contributed by atoms with Gasteiger partial charge >= 0.3 is 0 Å². The molecular formula is C26H36N4O3S. The number of anilines is 1. The van der Waals surface area contributed by atoms with Gasteiger partial charge in [0.05, 0.1) is 11.4 Å². The fourth-order valence-electron chi connectivity index (χ4n) is 5.41. The van der Waals surface area contributed by atoms with Crippen molar-refractivity contribution in [2.24, 2.45) is 5.14 Å². The summed E-state index contributed by atoms with van der Waals surface area (Å²) in [5.41, 5.74) is 2.99. The van der Waals surface area contributed by atoms with Crippen LogP contribution in [0.2, 0.25) is 0 Å². The average Bonchev–Trinajstić information content (AvgIpc) is 3.14. The van der Waals surface area contributed by atoms with Crippen LogP contribution in [0.1, 0.15) is 44.2 Å². The standard InChI is InChI=1S/C26H36N4O3S/c1-3-13-29(23-10-7-14-28(18-23)17-21-8-5-4-6-9-21)19-26(31)30-20(2)15-22-16-24(34(27,32)33)11-12-25(22)30/h4-6,8-9,11-12,16,20,23H,3,7,10,13-15,17-19H2,1-2H3,(H2,27,32,33). The molecule has 0 bridgehead atoms. The van der Waals surface area contributed by atoms with Crippen LogP contribution in [-0.4, -0.2) is 62.4 Å². The predicted molar refractivity (Wildman–Crippen MR) is 135 cm³/mol. The van der Waals surface area contributed by atoms with Crippen LogP contribution >= 0.6 is 0 Å². The van der Waals surface area contributed by atoms with Crippen molar-refractivity contribution >= 4 is 21.6 Å². The number of fused-ring (bicyclic) bond motifs is 1. The van der Waals surface area contributed by atoms with Gasteiger partial charge in [0.1, 0.15) is 0 Å². The zero-order chi connectivity index (χ0) is 24.3. The molecule has 0 spiro atoms. The van der Waals surface area contributed by atoms with Crippen molar-refractivity contribution in [3.05, 3.63) is 59.7 Å². The maximum atomic E-state index is 13.5. The minimum Gasteiger partial charge on any atom is -0.308 e. The summed E-state index contributed by atoms with van der Waals surface area (Å²) in [7, 11) is -3.76. The van der Waals surface area contributed by atoms with E-state index in [0.717, 1.165) is 56.7 Å². The Morgan fingerprint density at radius 1 is 1.18 bits per heavy atom. The van der Waals surface area contributed by atoms with E-state index in [4.69, 9.17) is 5.14 Å². The first kappa shape index (κ1) is 24.9. The van der Waals surface area contributed by atoms with Crippen molar-refractivity contribution in [2.75, 3.05) is 31.1 Å². The summed E-state index contributed by atoms with van der Waals surface area (Å²) in [5, 5.41) is 5.30. The van der Waals surface area contributed by atoms with Gasteiger partial charge in [-0.05, 0) is 75.0 Å². The lowest BCUT2D eigenvalue weighted by atomic mass is 10.0. The second-order valence-electron chi connectivity index (χ2n) is 9.64. The molecule has 7 nitrogen and oxygen atoms in total. The lowest BCUT2D eigenvalue weighted by Crippen LogP contribution is -2.52. The largest absolute Gasteiger partial charge is 0.308 e. The Balaban J connectivity index is 1.46. The molecule has 2 atom stereocenters. The molecule has 34 heavy (non-hydrogen) atoms. The second kappa shape index (κ2) is 10.6. The van der Waals surface area contributed by atoms with Gasteiger partial charge in [0.25, 0.3) is 0 Å². The van der Waals surface area contributed by atoms with Crippen molar-refractivity contribution in [1.29, 1.82) is 0 Å².